The molecule has 0 aliphatic rings. The normalized spacial score (nSPS) is 11.3. The van der Waals surface area contributed by atoms with Gasteiger partial charge in [-0.3, -0.25) is 14.6 Å². The molecule has 0 spiro atoms. The van der Waals surface area contributed by atoms with Crippen molar-refractivity contribution in [2.75, 3.05) is 6.54 Å². The molecule has 0 saturated heterocycles. The fourth-order valence-electron chi connectivity index (χ4n) is 2.74. The van der Waals surface area contributed by atoms with Crippen LogP contribution < -0.4 is 10.9 Å². The Morgan fingerprint density at radius 2 is 1.76 bits per heavy atom. The average Bonchev–Trinajstić information content (AvgIpc) is 2.72. The third-order valence-corrected chi connectivity index (χ3v) is 4.15. The zero-order valence-electron chi connectivity index (χ0n) is 15.2. The molecule has 2 aromatic heterocycles. The van der Waals surface area contributed by atoms with Gasteiger partial charge < -0.3 is 5.32 Å². The smallest absolute Gasteiger partial charge is 0.352 e. The molecule has 0 fully saturated rings. The van der Waals surface area contributed by atoms with Crippen LogP contribution in [0.15, 0.2) is 65.7 Å². The number of carbonyl (C=O) groups is 1. The Morgan fingerprint density at radius 1 is 1.03 bits per heavy atom. The molecule has 9 heteroatoms. The number of aryl methyl sites for hydroxylation is 1. The highest BCUT2D eigenvalue weighted by molar-refractivity contribution is 5.95. The van der Waals surface area contributed by atoms with E-state index in [4.69, 9.17) is 0 Å². The van der Waals surface area contributed by atoms with Gasteiger partial charge in [0.2, 0.25) is 0 Å². The summed E-state index contributed by atoms with van der Waals surface area (Å²) in [6.07, 6.45) is -1.06. The van der Waals surface area contributed by atoms with Gasteiger partial charge in [-0.25, -0.2) is 4.68 Å². The number of nitrogens with zero attached hydrogens (tertiary/aromatic N) is 3. The minimum Gasteiger partial charge on any atom is -0.352 e. The molecule has 3 aromatic rings. The maximum Gasteiger partial charge on any atom is 0.417 e. The molecule has 0 radical (unpaired) electrons. The number of alkyl halides is 3. The maximum atomic E-state index is 13.0. The first-order valence-corrected chi connectivity index (χ1v) is 8.79. The number of benzene rings is 1. The van der Waals surface area contributed by atoms with Gasteiger partial charge in [0, 0.05) is 37.1 Å². The van der Waals surface area contributed by atoms with Crippen molar-refractivity contribution in [3.63, 3.8) is 0 Å². The number of nitrogens with one attached hydrogen (secondary N) is 1. The summed E-state index contributed by atoms with van der Waals surface area (Å²) in [7, 11) is 0. The standard InChI is InChI=1S/C20H17F3N4O2/c21-20(22,23)16-5-2-1-4-15(16)19(29)25-10-3-13-27-18(28)7-6-17(26-27)14-8-11-24-12-9-14/h1-2,4-9,11-12H,3,10,13H2,(H,25,29). The van der Waals surface area contributed by atoms with E-state index in [0.717, 1.165) is 17.7 Å². The molecule has 1 amide bonds. The van der Waals surface area contributed by atoms with Crippen LogP contribution in [0.2, 0.25) is 0 Å². The van der Waals surface area contributed by atoms with Crippen LogP contribution in [0.1, 0.15) is 22.3 Å². The number of amides is 1. The molecule has 150 valence electrons. The van der Waals surface area contributed by atoms with Gasteiger partial charge >= 0.3 is 6.18 Å². The van der Waals surface area contributed by atoms with Gasteiger partial charge in [-0.05, 0) is 36.8 Å². The summed E-state index contributed by atoms with van der Waals surface area (Å²) in [6, 6.07) is 11.1. The first-order chi connectivity index (χ1) is 13.9. The Morgan fingerprint density at radius 3 is 2.48 bits per heavy atom. The molecular weight excluding hydrogens is 385 g/mol. The van der Waals surface area contributed by atoms with Gasteiger partial charge in [0.1, 0.15) is 0 Å². The van der Waals surface area contributed by atoms with Crippen LogP contribution in [0.5, 0.6) is 0 Å². The molecular formula is C20H17F3N4O2. The van der Waals surface area contributed by atoms with Crippen LogP contribution in [0, 0.1) is 0 Å². The quantitative estimate of drug-likeness (QED) is 0.643. The largest absolute Gasteiger partial charge is 0.417 e. The predicted molar refractivity (Wildman–Crippen MR) is 100 cm³/mol. The van der Waals surface area contributed by atoms with E-state index in [1.54, 1.807) is 30.6 Å². The number of hydrogen-bond donors (Lipinski definition) is 1. The zero-order chi connectivity index (χ0) is 20.9. The van der Waals surface area contributed by atoms with Crippen LogP contribution >= 0.6 is 0 Å². The Hall–Kier alpha value is -3.49. The van der Waals surface area contributed by atoms with E-state index in [2.05, 4.69) is 15.4 Å². The van der Waals surface area contributed by atoms with Crippen molar-refractivity contribution < 1.29 is 18.0 Å². The number of rotatable bonds is 6. The summed E-state index contributed by atoms with van der Waals surface area (Å²) >= 11 is 0. The van der Waals surface area contributed by atoms with Crippen molar-refractivity contribution in [2.45, 2.75) is 19.1 Å². The van der Waals surface area contributed by atoms with Crippen LogP contribution in [-0.2, 0) is 12.7 Å². The average molecular weight is 402 g/mol. The first kappa shape index (κ1) is 20.2. The van der Waals surface area contributed by atoms with E-state index in [-0.39, 0.29) is 18.6 Å². The Bertz CT molecular complexity index is 1050. The molecule has 6 nitrogen and oxygen atoms in total. The van der Waals surface area contributed by atoms with E-state index in [1.165, 1.54) is 22.9 Å². The molecule has 2 heterocycles. The summed E-state index contributed by atoms with van der Waals surface area (Å²) < 4.78 is 40.3. The number of halogens is 3. The molecule has 29 heavy (non-hydrogen) atoms. The second-order valence-electron chi connectivity index (χ2n) is 6.17. The van der Waals surface area contributed by atoms with Gasteiger partial charge in [0.05, 0.1) is 16.8 Å². The molecule has 0 saturated carbocycles. The van der Waals surface area contributed by atoms with Crippen molar-refractivity contribution in [3.8, 4) is 11.3 Å². The van der Waals surface area contributed by atoms with Crippen molar-refractivity contribution in [1.82, 2.24) is 20.1 Å². The van der Waals surface area contributed by atoms with Gasteiger partial charge in [-0.15, -0.1) is 0 Å². The lowest BCUT2D eigenvalue weighted by molar-refractivity contribution is -0.137. The predicted octanol–water partition coefficient (Wildman–Crippen LogP) is 3.14. The second kappa shape index (κ2) is 8.68. The molecule has 3 rings (SSSR count). The van der Waals surface area contributed by atoms with Gasteiger partial charge in [0.25, 0.3) is 11.5 Å². The summed E-state index contributed by atoms with van der Waals surface area (Å²) in [6.45, 7) is 0.303. The number of carbonyl (C=O) groups excluding carboxylic acids is 1. The van der Waals surface area contributed by atoms with Crippen molar-refractivity contribution >= 4 is 5.91 Å². The third kappa shape index (κ3) is 5.07. The highest BCUT2D eigenvalue weighted by atomic mass is 19.4. The molecule has 0 atom stereocenters. The number of pyridine rings is 1. The lowest BCUT2D eigenvalue weighted by atomic mass is 10.1. The van der Waals surface area contributed by atoms with Crippen LogP contribution in [-0.4, -0.2) is 27.2 Å². The van der Waals surface area contributed by atoms with E-state index < -0.39 is 23.2 Å². The van der Waals surface area contributed by atoms with Gasteiger partial charge in [0.15, 0.2) is 0 Å². The van der Waals surface area contributed by atoms with E-state index >= 15 is 0 Å². The Balaban J connectivity index is 1.62. The number of aromatic nitrogens is 3. The summed E-state index contributed by atoms with van der Waals surface area (Å²) in [5.41, 5.74) is -0.340. The monoisotopic (exact) mass is 402 g/mol. The molecule has 1 N–H and O–H groups in total. The lowest BCUT2D eigenvalue weighted by Gasteiger charge is -2.13. The van der Waals surface area contributed by atoms with E-state index in [9.17, 15) is 22.8 Å². The molecule has 0 unspecified atom stereocenters. The van der Waals surface area contributed by atoms with Crippen LogP contribution in [0.4, 0.5) is 13.2 Å². The molecule has 1 aromatic carbocycles. The van der Waals surface area contributed by atoms with Crippen LogP contribution in [0.25, 0.3) is 11.3 Å². The minimum atomic E-state index is -4.61. The zero-order valence-corrected chi connectivity index (χ0v) is 15.2. The molecule has 0 aliphatic carbocycles. The fraction of sp³-hybridized carbons (Fsp3) is 0.200. The molecule has 0 aliphatic heterocycles. The Labute approximate surface area is 164 Å². The van der Waals surface area contributed by atoms with E-state index in [1.807, 2.05) is 0 Å². The summed E-state index contributed by atoms with van der Waals surface area (Å²) in [5, 5.41) is 6.74. The van der Waals surface area contributed by atoms with Crippen molar-refractivity contribution in [3.05, 3.63) is 82.4 Å². The van der Waals surface area contributed by atoms with Crippen LogP contribution in [0.3, 0.4) is 0 Å². The third-order valence-electron chi connectivity index (χ3n) is 4.15. The number of hydrogen-bond acceptors (Lipinski definition) is 4. The van der Waals surface area contributed by atoms with Crippen molar-refractivity contribution in [1.29, 1.82) is 0 Å². The SMILES string of the molecule is O=C(NCCCn1nc(-c2ccncc2)ccc1=O)c1ccccc1C(F)(F)F. The van der Waals surface area contributed by atoms with Crippen molar-refractivity contribution in [2.24, 2.45) is 0 Å². The summed E-state index contributed by atoms with van der Waals surface area (Å²) in [4.78, 5) is 28.0. The maximum absolute atomic E-state index is 13.0. The van der Waals surface area contributed by atoms with Gasteiger partial charge in [-0.1, -0.05) is 12.1 Å². The fourth-order valence-corrected chi connectivity index (χ4v) is 2.74. The lowest BCUT2D eigenvalue weighted by Crippen LogP contribution is -2.29. The summed E-state index contributed by atoms with van der Waals surface area (Å²) in [5.74, 6) is -0.816. The van der Waals surface area contributed by atoms with E-state index in [0.29, 0.717) is 12.1 Å². The molecule has 0 bridgehead atoms. The first-order valence-electron chi connectivity index (χ1n) is 8.79. The highest BCUT2D eigenvalue weighted by Gasteiger charge is 2.34. The topological polar surface area (TPSA) is 76.9 Å². The Kier molecular flexibility index (Phi) is 6.06. The second-order valence-corrected chi connectivity index (χ2v) is 6.17. The van der Waals surface area contributed by atoms with Gasteiger partial charge in [-0.2, -0.15) is 18.3 Å². The highest BCUT2D eigenvalue weighted by Crippen LogP contribution is 2.31. The minimum absolute atomic E-state index is 0.0959.